The summed E-state index contributed by atoms with van der Waals surface area (Å²) in [7, 11) is 0. The second kappa shape index (κ2) is 4.90. The first-order valence-corrected chi connectivity index (χ1v) is 5.91. The zero-order valence-electron chi connectivity index (χ0n) is 8.79. The number of hydrogen-bond acceptors (Lipinski definition) is 0. The normalized spacial score (nSPS) is 18.8. The lowest BCUT2D eigenvalue weighted by molar-refractivity contribution is 0.845. The molecule has 1 aliphatic carbocycles. The molecule has 0 radical (unpaired) electrons. The molecular formula is C14H12Cl2. The maximum Gasteiger partial charge on any atom is 0.0482 e. The Morgan fingerprint density at radius 3 is 2.75 bits per heavy atom. The van der Waals surface area contributed by atoms with Crippen LogP contribution in [0.5, 0.6) is 0 Å². The minimum atomic E-state index is 0.320. The third-order valence-electron chi connectivity index (χ3n) is 2.70. The van der Waals surface area contributed by atoms with Gasteiger partial charge in [0.15, 0.2) is 0 Å². The molecule has 16 heavy (non-hydrogen) atoms. The van der Waals surface area contributed by atoms with Crippen molar-refractivity contribution in [2.45, 2.75) is 6.42 Å². The molecule has 2 rings (SSSR count). The Kier molecular flexibility index (Phi) is 3.52. The van der Waals surface area contributed by atoms with Gasteiger partial charge in [0.25, 0.3) is 0 Å². The molecule has 82 valence electrons. The van der Waals surface area contributed by atoms with Crippen molar-refractivity contribution in [3.8, 4) is 0 Å². The second-order valence-corrected chi connectivity index (χ2v) is 4.65. The molecule has 1 aromatic carbocycles. The first kappa shape index (κ1) is 11.5. The lowest BCUT2D eigenvalue weighted by Crippen LogP contribution is -2.00. The van der Waals surface area contributed by atoms with Crippen LogP contribution in [-0.4, -0.2) is 0 Å². The lowest BCUT2D eigenvalue weighted by atomic mass is 9.89. The molecule has 1 aliphatic rings. The molecular weight excluding hydrogens is 239 g/mol. The monoisotopic (exact) mass is 250 g/mol. The van der Waals surface area contributed by atoms with Gasteiger partial charge in [-0.1, -0.05) is 54.1 Å². The third kappa shape index (κ3) is 2.40. The van der Waals surface area contributed by atoms with Crippen molar-refractivity contribution >= 4 is 28.8 Å². The standard InChI is InChI=1S/C14H12Cl2/c1-10(11-5-3-2-4-6-11)13-9-12(15)7-8-14(13)16/h2-5,7-9,11H,1,6H2. The maximum atomic E-state index is 6.15. The van der Waals surface area contributed by atoms with Crippen molar-refractivity contribution in [1.29, 1.82) is 0 Å². The SMILES string of the molecule is C=C(c1cc(Cl)ccc1Cl)C1C=CC=CC1. The quantitative estimate of drug-likeness (QED) is 0.682. The van der Waals surface area contributed by atoms with Gasteiger partial charge in [0.2, 0.25) is 0 Å². The Labute approximate surface area is 106 Å². The van der Waals surface area contributed by atoms with Crippen LogP contribution in [-0.2, 0) is 0 Å². The zero-order chi connectivity index (χ0) is 11.5. The van der Waals surface area contributed by atoms with E-state index in [1.54, 1.807) is 6.07 Å². The van der Waals surface area contributed by atoms with E-state index >= 15 is 0 Å². The summed E-state index contributed by atoms with van der Waals surface area (Å²) in [4.78, 5) is 0. The van der Waals surface area contributed by atoms with Crippen molar-refractivity contribution < 1.29 is 0 Å². The Morgan fingerprint density at radius 1 is 1.25 bits per heavy atom. The maximum absolute atomic E-state index is 6.15. The highest BCUT2D eigenvalue weighted by Crippen LogP contribution is 2.33. The summed E-state index contributed by atoms with van der Waals surface area (Å²) < 4.78 is 0. The molecule has 1 aromatic rings. The van der Waals surface area contributed by atoms with Crippen molar-refractivity contribution in [2.24, 2.45) is 5.92 Å². The number of hydrogen-bond donors (Lipinski definition) is 0. The van der Waals surface area contributed by atoms with Crippen LogP contribution in [0.25, 0.3) is 5.57 Å². The van der Waals surface area contributed by atoms with E-state index in [0.29, 0.717) is 16.0 Å². The number of halogens is 2. The Hall–Kier alpha value is -0.980. The van der Waals surface area contributed by atoms with Gasteiger partial charge < -0.3 is 0 Å². The van der Waals surface area contributed by atoms with Crippen LogP contribution in [0.4, 0.5) is 0 Å². The van der Waals surface area contributed by atoms with Crippen LogP contribution in [0.3, 0.4) is 0 Å². The van der Waals surface area contributed by atoms with Crippen LogP contribution < -0.4 is 0 Å². The summed E-state index contributed by atoms with van der Waals surface area (Å²) in [5, 5.41) is 1.40. The average Bonchev–Trinajstić information content (AvgIpc) is 2.32. The average molecular weight is 251 g/mol. The summed E-state index contributed by atoms with van der Waals surface area (Å²) >= 11 is 12.1. The van der Waals surface area contributed by atoms with Gasteiger partial charge in [-0.05, 0) is 35.8 Å². The largest absolute Gasteiger partial charge is 0.0946 e. The molecule has 0 amide bonds. The molecule has 1 unspecified atom stereocenters. The molecule has 0 nitrogen and oxygen atoms in total. The number of benzene rings is 1. The van der Waals surface area contributed by atoms with E-state index in [9.17, 15) is 0 Å². The first-order chi connectivity index (χ1) is 7.68. The molecule has 2 heteroatoms. The number of allylic oxidation sites excluding steroid dienone is 5. The highest BCUT2D eigenvalue weighted by molar-refractivity contribution is 6.34. The first-order valence-electron chi connectivity index (χ1n) is 5.16. The van der Waals surface area contributed by atoms with Crippen LogP contribution in [0.2, 0.25) is 10.0 Å². The van der Waals surface area contributed by atoms with E-state index < -0.39 is 0 Å². The lowest BCUT2D eigenvalue weighted by Gasteiger charge is -2.17. The van der Waals surface area contributed by atoms with Crippen LogP contribution in [0, 0.1) is 5.92 Å². The van der Waals surface area contributed by atoms with E-state index in [2.05, 4.69) is 18.7 Å². The fourth-order valence-corrected chi connectivity index (χ4v) is 2.19. The van der Waals surface area contributed by atoms with Gasteiger partial charge in [0.1, 0.15) is 0 Å². The highest BCUT2D eigenvalue weighted by Gasteiger charge is 2.14. The van der Waals surface area contributed by atoms with Crippen LogP contribution >= 0.6 is 23.2 Å². The van der Waals surface area contributed by atoms with Crippen molar-refractivity contribution in [3.63, 3.8) is 0 Å². The highest BCUT2D eigenvalue weighted by atomic mass is 35.5. The summed E-state index contributed by atoms with van der Waals surface area (Å²) in [5.74, 6) is 0.320. The molecule has 0 N–H and O–H groups in total. The van der Waals surface area contributed by atoms with Crippen LogP contribution in [0.1, 0.15) is 12.0 Å². The smallest absolute Gasteiger partial charge is 0.0482 e. The van der Waals surface area contributed by atoms with Gasteiger partial charge >= 0.3 is 0 Å². The molecule has 0 fully saturated rings. The Balaban J connectivity index is 2.30. The molecule has 1 atom stereocenters. The molecule has 0 saturated heterocycles. The summed E-state index contributed by atoms with van der Waals surface area (Å²) in [5.41, 5.74) is 1.97. The van der Waals surface area contributed by atoms with Crippen molar-refractivity contribution in [3.05, 3.63) is 64.7 Å². The minimum absolute atomic E-state index is 0.320. The predicted octanol–water partition coefficient (Wildman–Crippen LogP) is 5.14. The molecule has 0 aromatic heterocycles. The fourth-order valence-electron chi connectivity index (χ4n) is 1.78. The van der Waals surface area contributed by atoms with E-state index in [4.69, 9.17) is 23.2 Å². The number of rotatable bonds is 2. The van der Waals surface area contributed by atoms with E-state index in [-0.39, 0.29) is 0 Å². The van der Waals surface area contributed by atoms with Gasteiger partial charge in [-0.2, -0.15) is 0 Å². The molecule has 0 saturated carbocycles. The molecule has 0 spiro atoms. The van der Waals surface area contributed by atoms with Gasteiger partial charge in [-0.25, -0.2) is 0 Å². The van der Waals surface area contributed by atoms with Crippen molar-refractivity contribution in [2.75, 3.05) is 0 Å². The molecule has 0 bridgehead atoms. The second-order valence-electron chi connectivity index (χ2n) is 3.80. The van der Waals surface area contributed by atoms with Crippen molar-refractivity contribution in [1.82, 2.24) is 0 Å². The summed E-state index contributed by atoms with van der Waals surface area (Å²) in [6, 6.07) is 5.47. The van der Waals surface area contributed by atoms with E-state index in [1.165, 1.54) is 0 Å². The fraction of sp³-hybridized carbons (Fsp3) is 0.143. The van der Waals surface area contributed by atoms with Gasteiger partial charge in [-0.15, -0.1) is 0 Å². The van der Waals surface area contributed by atoms with E-state index in [1.807, 2.05) is 24.3 Å². The molecule has 0 heterocycles. The van der Waals surface area contributed by atoms with Gasteiger partial charge in [-0.3, -0.25) is 0 Å². The third-order valence-corrected chi connectivity index (χ3v) is 3.27. The molecule has 0 aliphatic heterocycles. The van der Waals surface area contributed by atoms with E-state index in [0.717, 1.165) is 17.6 Å². The van der Waals surface area contributed by atoms with Gasteiger partial charge in [0.05, 0.1) is 0 Å². The minimum Gasteiger partial charge on any atom is -0.0946 e. The van der Waals surface area contributed by atoms with Gasteiger partial charge in [0, 0.05) is 16.0 Å². The predicted molar refractivity (Wildman–Crippen MR) is 71.9 cm³/mol. The Morgan fingerprint density at radius 2 is 2.06 bits per heavy atom. The Bertz CT molecular complexity index is 470. The summed E-state index contributed by atoms with van der Waals surface area (Å²) in [6.07, 6.45) is 9.33. The van der Waals surface area contributed by atoms with Crippen LogP contribution in [0.15, 0.2) is 49.1 Å². The topological polar surface area (TPSA) is 0 Å². The summed E-state index contributed by atoms with van der Waals surface area (Å²) in [6.45, 7) is 4.12. The zero-order valence-corrected chi connectivity index (χ0v) is 10.3.